The van der Waals surface area contributed by atoms with Gasteiger partial charge < -0.3 is 21.1 Å². The molecule has 0 aliphatic rings. The molecule has 4 aromatic heterocycles. The SMILES string of the molecule is Cn1ccc(NC(O)c2cc3ccc(-c4nn(C(C)(C)C)c5ncnc(N)c45)cc3[nH]2)n1. The van der Waals surface area contributed by atoms with Gasteiger partial charge in [0.05, 0.1) is 16.6 Å². The van der Waals surface area contributed by atoms with Gasteiger partial charge >= 0.3 is 0 Å². The maximum Gasteiger partial charge on any atom is 0.167 e. The van der Waals surface area contributed by atoms with Gasteiger partial charge in [0.2, 0.25) is 0 Å². The minimum absolute atomic E-state index is 0.276. The van der Waals surface area contributed by atoms with Crippen LogP contribution < -0.4 is 11.1 Å². The number of fused-ring (bicyclic) bond motifs is 2. The van der Waals surface area contributed by atoms with E-state index >= 15 is 0 Å². The largest absolute Gasteiger partial charge is 0.383 e. The summed E-state index contributed by atoms with van der Waals surface area (Å²) >= 11 is 0. The number of nitrogen functional groups attached to an aromatic ring is 1. The first-order valence-corrected chi connectivity index (χ1v) is 10.3. The average Bonchev–Trinajstić information content (AvgIpc) is 3.43. The second kappa shape index (κ2) is 7.06. The molecule has 0 amide bonds. The number of aliphatic hydroxyl groups excluding tert-OH is 1. The van der Waals surface area contributed by atoms with Crippen LogP contribution in [0.1, 0.15) is 32.7 Å². The fourth-order valence-electron chi connectivity index (χ4n) is 3.80. The molecule has 4 heterocycles. The Morgan fingerprint density at radius 2 is 1.94 bits per heavy atom. The van der Waals surface area contributed by atoms with Crippen LogP contribution >= 0.6 is 0 Å². The van der Waals surface area contributed by atoms with Gasteiger partial charge in [-0.25, -0.2) is 14.6 Å². The zero-order valence-corrected chi connectivity index (χ0v) is 18.3. The number of nitrogens with zero attached hydrogens (tertiary/aromatic N) is 6. The molecule has 0 saturated carbocycles. The first-order chi connectivity index (χ1) is 15.2. The Balaban J connectivity index is 1.57. The third-order valence-corrected chi connectivity index (χ3v) is 5.34. The third kappa shape index (κ3) is 3.34. The monoisotopic (exact) mass is 431 g/mol. The van der Waals surface area contributed by atoms with E-state index in [0.717, 1.165) is 27.5 Å². The number of aryl methyl sites for hydroxylation is 1. The molecule has 0 saturated heterocycles. The highest BCUT2D eigenvalue weighted by Crippen LogP contribution is 2.34. The van der Waals surface area contributed by atoms with E-state index in [1.165, 1.54) is 6.33 Å². The van der Waals surface area contributed by atoms with E-state index in [4.69, 9.17) is 10.8 Å². The van der Waals surface area contributed by atoms with Crippen molar-refractivity contribution in [2.45, 2.75) is 32.5 Å². The Bertz CT molecular complexity index is 1440. The molecule has 5 N–H and O–H groups in total. The topological polar surface area (TPSA) is 135 Å². The van der Waals surface area contributed by atoms with Gasteiger partial charge in [0.1, 0.15) is 23.7 Å². The maximum absolute atomic E-state index is 10.6. The number of nitrogens with one attached hydrogen (secondary N) is 2. The number of rotatable bonds is 4. The summed E-state index contributed by atoms with van der Waals surface area (Å²) in [5.41, 5.74) is 9.75. The van der Waals surface area contributed by atoms with Crippen LogP contribution in [0.15, 0.2) is 42.9 Å². The van der Waals surface area contributed by atoms with Crippen LogP contribution in [0.4, 0.5) is 11.6 Å². The fourth-order valence-corrected chi connectivity index (χ4v) is 3.80. The van der Waals surface area contributed by atoms with E-state index in [0.29, 0.717) is 23.0 Å². The molecule has 5 aromatic rings. The number of nitrogens with two attached hydrogens (primary N) is 1. The molecule has 1 atom stereocenters. The summed E-state index contributed by atoms with van der Waals surface area (Å²) in [7, 11) is 1.82. The maximum atomic E-state index is 10.6. The van der Waals surface area contributed by atoms with Crippen LogP contribution in [-0.2, 0) is 12.6 Å². The highest BCUT2D eigenvalue weighted by Gasteiger charge is 2.24. The molecule has 0 aliphatic carbocycles. The summed E-state index contributed by atoms with van der Waals surface area (Å²) < 4.78 is 3.55. The normalized spacial score (nSPS) is 13.2. The third-order valence-electron chi connectivity index (χ3n) is 5.34. The Morgan fingerprint density at radius 1 is 1.12 bits per heavy atom. The summed E-state index contributed by atoms with van der Waals surface area (Å²) in [5, 5.41) is 24.4. The molecule has 32 heavy (non-hydrogen) atoms. The summed E-state index contributed by atoms with van der Waals surface area (Å²) in [6.45, 7) is 6.20. The van der Waals surface area contributed by atoms with Crippen molar-refractivity contribution in [3.05, 3.63) is 48.5 Å². The van der Waals surface area contributed by atoms with Crippen LogP contribution in [0.25, 0.3) is 33.2 Å². The second-order valence-corrected chi connectivity index (χ2v) is 8.84. The van der Waals surface area contributed by atoms with Crippen LogP contribution in [0.5, 0.6) is 0 Å². The molecular weight excluding hydrogens is 406 g/mol. The van der Waals surface area contributed by atoms with Gasteiger partial charge in [-0.3, -0.25) is 4.68 Å². The summed E-state index contributed by atoms with van der Waals surface area (Å²) in [4.78, 5) is 11.9. The quantitative estimate of drug-likeness (QED) is 0.321. The Morgan fingerprint density at radius 3 is 2.66 bits per heavy atom. The average molecular weight is 432 g/mol. The summed E-state index contributed by atoms with van der Waals surface area (Å²) in [6.07, 6.45) is 2.34. The molecule has 10 heteroatoms. The highest BCUT2D eigenvalue weighted by molar-refractivity contribution is 6.00. The number of aromatic amines is 1. The van der Waals surface area contributed by atoms with E-state index in [-0.39, 0.29) is 5.54 Å². The summed E-state index contributed by atoms with van der Waals surface area (Å²) in [5.74, 6) is 0.983. The van der Waals surface area contributed by atoms with E-state index in [1.54, 1.807) is 10.7 Å². The predicted molar refractivity (Wildman–Crippen MR) is 124 cm³/mol. The van der Waals surface area contributed by atoms with Crippen molar-refractivity contribution in [3.8, 4) is 11.3 Å². The summed E-state index contributed by atoms with van der Waals surface area (Å²) in [6, 6.07) is 9.67. The van der Waals surface area contributed by atoms with Crippen molar-refractivity contribution in [1.82, 2.24) is 34.5 Å². The van der Waals surface area contributed by atoms with Crippen molar-refractivity contribution >= 4 is 33.6 Å². The highest BCUT2D eigenvalue weighted by atomic mass is 16.3. The van der Waals surface area contributed by atoms with Gasteiger partial charge in [-0.1, -0.05) is 12.1 Å². The first kappa shape index (κ1) is 20.0. The van der Waals surface area contributed by atoms with Gasteiger partial charge in [0.15, 0.2) is 11.9 Å². The number of benzene rings is 1. The molecule has 10 nitrogen and oxygen atoms in total. The van der Waals surface area contributed by atoms with Crippen LogP contribution in [0.3, 0.4) is 0 Å². The van der Waals surface area contributed by atoms with Crippen molar-refractivity contribution in [2.75, 3.05) is 11.1 Å². The lowest BCUT2D eigenvalue weighted by Gasteiger charge is -2.19. The molecule has 0 aliphatic heterocycles. The minimum atomic E-state index is -0.925. The molecule has 164 valence electrons. The lowest BCUT2D eigenvalue weighted by molar-refractivity contribution is 0.203. The van der Waals surface area contributed by atoms with Crippen LogP contribution in [-0.4, -0.2) is 39.6 Å². The van der Waals surface area contributed by atoms with Gasteiger partial charge in [0, 0.05) is 30.4 Å². The Labute approximate surface area is 184 Å². The molecule has 0 spiro atoms. The van der Waals surface area contributed by atoms with Crippen LogP contribution in [0, 0.1) is 0 Å². The predicted octanol–water partition coefficient (Wildman–Crippen LogP) is 3.15. The van der Waals surface area contributed by atoms with E-state index in [9.17, 15) is 5.11 Å². The van der Waals surface area contributed by atoms with Gasteiger partial charge in [-0.2, -0.15) is 10.2 Å². The zero-order chi connectivity index (χ0) is 22.6. The van der Waals surface area contributed by atoms with E-state index in [1.807, 2.05) is 42.2 Å². The molecular formula is C22H25N9O. The van der Waals surface area contributed by atoms with E-state index < -0.39 is 6.23 Å². The number of hydrogen-bond donors (Lipinski definition) is 4. The minimum Gasteiger partial charge on any atom is -0.383 e. The Kier molecular flexibility index (Phi) is 4.41. The smallest absolute Gasteiger partial charge is 0.167 e. The molecule has 0 bridgehead atoms. The van der Waals surface area contributed by atoms with Gasteiger partial charge in [-0.05, 0) is 38.3 Å². The Hall–Kier alpha value is -3.92. The number of aromatic nitrogens is 7. The lowest BCUT2D eigenvalue weighted by atomic mass is 10.1. The van der Waals surface area contributed by atoms with Gasteiger partial charge in [0.25, 0.3) is 0 Å². The van der Waals surface area contributed by atoms with Crippen molar-refractivity contribution in [1.29, 1.82) is 0 Å². The van der Waals surface area contributed by atoms with Crippen molar-refractivity contribution < 1.29 is 5.11 Å². The molecule has 0 radical (unpaired) electrons. The molecule has 1 aromatic carbocycles. The van der Waals surface area contributed by atoms with Crippen molar-refractivity contribution in [2.24, 2.45) is 7.05 Å². The molecule has 0 fully saturated rings. The standard InChI is InChI=1S/C22H25N9O/c1-22(2,3)31-20-17(19(23)24-11-25-20)18(29-31)13-6-5-12-9-15(26-14(12)10-13)21(32)27-16-7-8-30(4)28-16/h5-11,21,26,32H,1-4H3,(H,27,28)(H2,23,24,25). The molecule has 1 unspecified atom stereocenters. The number of aliphatic hydroxyl groups is 1. The van der Waals surface area contributed by atoms with Crippen LogP contribution in [0.2, 0.25) is 0 Å². The molecule has 5 rings (SSSR count). The zero-order valence-electron chi connectivity index (χ0n) is 18.3. The number of hydrogen-bond acceptors (Lipinski definition) is 7. The van der Waals surface area contributed by atoms with Gasteiger partial charge in [-0.15, -0.1) is 0 Å². The fraction of sp³-hybridized carbons (Fsp3) is 0.273. The van der Waals surface area contributed by atoms with E-state index in [2.05, 4.69) is 46.1 Å². The number of H-pyrrole nitrogens is 1. The first-order valence-electron chi connectivity index (χ1n) is 10.3. The lowest BCUT2D eigenvalue weighted by Crippen LogP contribution is -2.23. The van der Waals surface area contributed by atoms with Crippen molar-refractivity contribution in [3.63, 3.8) is 0 Å². The number of anilines is 2. The second-order valence-electron chi connectivity index (χ2n) is 8.84.